The summed E-state index contributed by atoms with van der Waals surface area (Å²) in [7, 11) is 0. The fraction of sp³-hybridized carbons (Fsp3) is 0.923. The van der Waals surface area contributed by atoms with Gasteiger partial charge in [0.25, 0.3) is 0 Å². The molecule has 0 spiro atoms. The van der Waals surface area contributed by atoms with Gasteiger partial charge < -0.3 is 20.1 Å². The van der Waals surface area contributed by atoms with E-state index in [9.17, 15) is 4.79 Å². The van der Waals surface area contributed by atoms with Crippen LogP contribution in [0.4, 0.5) is 4.79 Å². The number of nitrogens with zero attached hydrogens (tertiary/aromatic N) is 1. The average Bonchev–Trinajstić information content (AvgIpc) is 2.25. The number of carbonyl (C=O) groups excluding carboxylic acids is 1. The van der Waals surface area contributed by atoms with Crippen LogP contribution in [0.25, 0.3) is 0 Å². The van der Waals surface area contributed by atoms with Crippen molar-refractivity contribution in [3.8, 4) is 0 Å². The van der Waals surface area contributed by atoms with Gasteiger partial charge in [-0.05, 0) is 33.1 Å². The van der Waals surface area contributed by atoms with E-state index in [0.717, 1.165) is 6.42 Å². The van der Waals surface area contributed by atoms with Crippen molar-refractivity contribution in [2.24, 2.45) is 5.92 Å². The molecule has 0 radical (unpaired) electrons. The molecule has 1 heterocycles. The predicted molar refractivity (Wildman–Crippen MR) is 70.5 cm³/mol. The molecule has 0 aliphatic carbocycles. The number of piperidine rings is 1. The number of carbonyl (C=O) groups is 1. The molecule has 0 aromatic carbocycles. The third-order valence-corrected chi connectivity index (χ3v) is 3.08. The van der Waals surface area contributed by atoms with Gasteiger partial charge in [0.05, 0.1) is 6.61 Å². The SMILES string of the molecule is CC1CN(C(=O)OC(C)(C)C)CCC1NCCO. The van der Waals surface area contributed by atoms with Gasteiger partial charge >= 0.3 is 6.09 Å². The van der Waals surface area contributed by atoms with Crippen LogP contribution >= 0.6 is 0 Å². The van der Waals surface area contributed by atoms with Crippen molar-refractivity contribution in [3.63, 3.8) is 0 Å². The van der Waals surface area contributed by atoms with E-state index in [2.05, 4.69) is 12.2 Å². The molecule has 5 heteroatoms. The number of hydrogen-bond donors (Lipinski definition) is 2. The van der Waals surface area contributed by atoms with Crippen molar-refractivity contribution >= 4 is 6.09 Å². The first kappa shape index (κ1) is 15.2. The van der Waals surface area contributed by atoms with E-state index in [1.165, 1.54) is 0 Å². The van der Waals surface area contributed by atoms with E-state index < -0.39 is 5.60 Å². The van der Waals surface area contributed by atoms with Crippen molar-refractivity contribution in [2.45, 2.75) is 45.8 Å². The van der Waals surface area contributed by atoms with Crippen LogP contribution in [0.3, 0.4) is 0 Å². The summed E-state index contributed by atoms with van der Waals surface area (Å²) in [6.45, 7) is 9.93. The Labute approximate surface area is 109 Å². The Morgan fingerprint density at radius 3 is 2.67 bits per heavy atom. The Bertz CT molecular complexity index is 276. The van der Waals surface area contributed by atoms with E-state index in [-0.39, 0.29) is 12.7 Å². The van der Waals surface area contributed by atoms with Gasteiger partial charge in [0.1, 0.15) is 5.60 Å². The van der Waals surface area contributed by atoms with Crippen LogP contribution in [0, 0.1) is 5.92 Å². The summed E-state index contributed by atoms with van der Waals surface area (Å²) < 4.78 is 5.37. The lowest BCUT2D eigenvalue weighted by molar-refractivity contribution is 0.0142. The highest BCUT2D eigenvalue weighted by Gasteiger charge is 2.30. The number of likely N-dealkylation sites (tertiary alicyclic amines) is 1. The zero-order chi connectivity index (χ0) is 13.8. The standard InChI is InChI=1S/C13H26N2O3/c1-10-9-15(12(17)18-13(2,3)4)7-5-11(10)14-6-8-16/h10-11,14,16H,5-9H2,1-4H3. The lowest BCUT2D eigenvalue weighted by atomic mass is 9.94. The minimum absolute atomic E-state index is 0.152. The third kappa shape index (κ3) is 4.82. The highest BCUT2D eigenvalue weighted by atomic mass is 16.6. The molecule has 2 unspecified atom stereocenters. The first-order valence-corrected chi connectivity index (χ1v) is 6.65. The molecule has 1 fully saturated rings. The van der Waals surface area contributed by atoms with Crippen LogP contribution in [0.2, 0.25) is 0 Å². The topological polar surface area (TPSA) is 61.8 Å². The van der Waals surface area contributed by atoms with Crippen LogP contribution in [-0.2, 0) is 4.74 Å². The first-order chi connectivity index (χ1) is 8.33. The van der Waals surface area contributed by atoms with Crippen LogP contribution < -0.4 is 5.32 Å². The van der Waals surface area contributed by atoms with Gasteiger partial charge in [0.2, 0.25) is 0 Å². The summed E-state index contributed by atoms with van der Waals surface area (Å²) in [5.74, 6) is 0.373. The first-order valence-electron chi connectivity index (χ1n) is 6.65. The summed E-state index contributed by atoms with van der Waals surface area (Å²) in [6.07, 6.45) is 0.676. The van der Waals surface area contributed by atoms with Crippen molar-refractivity contribution in [2.75, 3.05) is 26.2 Å². The van der Waals surface area contributed by atoms with Crippen molar-refractivity contribution in [1.82, 2.24) is 10.2 Å². The maximum absolute atomic E-state index is 11.9. The van der Waals surface area contributed by atoms with E-state index in [4.69, 9.17) is 9.84 Å². The second-order valence-electron chi connectivity index (χ2n) is 5.98. The molecule has 1 aliphatic heterocycles. The minimum Gasteiger partial charge on any atom is -0.444 e. The van der Waals surface area contributed by atoms with Gasteiger partial charge in [-0.15, -0.1) is 0 Å². The summed E-state index contributed by atoms with van der Waals surface area (Å²) in [5, 5.41) is 12.1. The van der Waals surface area contributed by atoms with Crippen LogP contribution in [0.5, 0.6) is 0 Å². The number of ether oxygens (including phenoxy) is 1. The van der Waals surface area contributed by atoms with Crippen LogP contribution in [-0.4, -0.2) is 54.0 Å². The Morgan fingerprint density at radius 2 is 2.17 bits per heavy atom. The molecule has 5 nitrogen and oxygen atoms in total. The zero-order valence-corrected chi connectivity index (χ0v) is 11.9. The minimum atomic E-state index is -0.438. The molecule has 0 saturated carbocycles. The maximum Gasteiger partial charge on any atom is 0.410 e. The van der Waals surface area contributed by atoms with Gasteiger partial charge in [0.15, 0.2) is 0 Å². The van der Waals surface area contributed by atoms with Crippen molar-refractivity contribution in [3.05, 3.63) is 0 Å². The van der Waals surface area contributed by atoms with Crippen LogP contribution in [0.1, 0.15) is 34.1 Å². The third-order valence-electron chi connectivity index (χ3n) is 3.08. The van der Waals surface area contributed by atoms with Gasteiger partial charge in [-0.2, -0.15) is 0 Å². The normalized spacial score (nSPS) is 25.1. The van der Waals surface area contributed by atoms with E-state index in [1.54, 1.807) is 4.90 Å². The fourth-order valence-electron chi connectivity index (χ4n) is 2.19. The predicted octanol–water partition coefficient (Wildman–Crippen LogP) is 1.21. The summed E-state index contributed by atoms with van der Waals surface area (Å²) >= 11 is 0. The molecular weight excluding hydrogens is 232 g/mol. The molecule has 106 valence electrons. The molecular formula is C13H26N2O3. The monoisotopic (exact) mass is 258 g/mol. The Balaban J connectivity index is 2.43. The van der Waals surface area contributed by atoms with Gasteiger partial charge in [-0.3, -0.25) is 0 Å². The number of hydrogen-bond acceptors (Lipinski definition) is 4. The molecule has 0 aromatic rings. The molecule has 2 atom stereocenters. The van der Waals surface area contributed by atoms with Crippen molar-refractivity contribution < 1.29 is 14.6 Å². The Hall–Kier alpha value is -0.810. The lowest BCUT2D eigenvalue weighted by Gasteiger charge is -2.37. The fourth-order valence-corrected chi connectivity index (χ4v) is 2.19. The number of rotatable bonds is 3. The largest absolute Gasteiger partial charge is 0.444 e. The smallest absolute Gasteiger partial charge is 0.410 e. The van der Waals surface area contributed by atoms with E-state index >= 15 is 0 Å². The average molecular weight is 258 g/mol. The van der Waals surface area contributed by atoms with Crippen LogP contribution in [0.15, 0.2) is 0 Å². The molecule has 1 amide bonds. The Morgan fingerprint density at radius 1 is 1.50 bits per heavy atom. The molecule has 0 aromatic heterocycles. The number of aliphatic hydroxyl groups excluding tert-OH is 1. The van der Waals surface area contributed by atoms with Gasteiger partial charge in [0, 0.05) is 25.7 Å². The molecule has 1 aliphatic rings. The van der Waals surface area contributed by atoms with Gasteiger partial charge in [-0.1, -0.05) is 6.92 Å². The maximum atomic E-state index is 11.9. The second kappa shape index (κ2) is 6.38. The zero-order valence-electron chi connectivity index (χ0n) is 11.9. The number of amides is 1. The van der Waals surface area contributed by atoms with E-state index in [1.807, 2.05) is 20.8 Å². The number of nitrogens with one attached hydrogen (secondary N) is 1. The molecule has 1 rings (SSSR count). The Kier molecular flexibility index (Phi) is 5.41. The molecule has 2 N–H and O–H groups in total. The summed E-state index contributed by atoms with van der Waals surface area (Å²) in [4.78, 5) is 13.7. The highest BCUT2D eigenvalue weighted by Crippen LogP contribution is 2.19. The quantitative estimate of drug-likeness (QED) is 0.799. The summed E-state index contributed by atoms with van der Waals surface area (Å²) in [5.41, 5.74) is -0.438. The van der Waals surface area contributed by atoms with Crippen molar-refractivity contribution in [1.29, 1.82) is 0 Å². The number of aliphatic hydroxyl groups is 1. The highest BCUT2D eigenvalue weighted by molar-refractivity contribution is 5.68. The van der Waals surface area contributed by atoms with Gasteiger partial charge in [-0.25, -0.2) is 4.79 Å². The van der Waals surface area contributed by atoms with E-state index in [0.29, 0.717) is 31.6 Å². The molecule has 1 saturated heterocycles. The summed E-state index contributed by atoms with van der Waals surface area (Å²) in [6, 6.07) is 0.371. The second-order valence-corrected chi connectivity index (χ2v) is 5.98. The lowest BCUT2D eigenvalue weighted by Crippen LogP contribution is -2.51. The molecule has 0 bridgehead atoms. The molecule has 18 heavy (non-hydrogen) atoms.